The third-order valence-corrected chi connectivity index (χ3v) is 4.26. The zero-order valence-corrected chi connectivity index (χ0v) is 11.8. The number of rotatable bonds is 3. The third kappa shape index (κ3) is 1.95. The van der Waals surface area contributed by atoms with Crippen molar-refractivity contribution >= 4 is 21.8 Å². The van der Waals surface area contributed by atoms with Gasteiger partial charge in [-0.3, -0.25) is 0 Å². The van der Waals surface area contributed by atoms with E-state index in [9.17, 15) is 0 Å². The minimum atomic E-state index is 0.312. The number of hydrogen-bond donors (Lipinski definition) is 2. The summed E-state index contributed by atoms with van der Waals surface area (Å²) in [5.74, 6) is 0.312. The summed E-state index contributed by atoms with van der Waals surface area (Å²) in [6.45, 7) is 4.18. The standard InChI is InChI=1S/C19H17N2/c1-2-16(14-6-7-18-15(12-14)9-10-20-18)17-5-3-4-13-8-11-21-19(13)17/h3-12,16,20-21H,1-2H2. The number of fused-ring (bicyclic) bond motifs is 2. The van der Waals surface area contributed by atoms with Gasteiger partial charge in [-0.25, -0.2) is 0 Å². The molecule has 4 rings (SSSR count). The summed E-state index contributed by atoms with van der Waals surface area (Å²) in [4.78, 5) is 6.62. The molecule has 0 saturated heterocycles. The van der Waals surface area contributed by atoms with Crippen LogP contribution < -0.4 is 0 Å². The Labute approximate surface area is 123 Å². The van der Waals surface area contributed by atoms with Gasteiger partial charge in [0.25, 0.3) is 0 Å². The Hall–Kier alpha value is -2.48. The fourth-order valence-corrected chi connectivity index (χ4v) is 3.19. The molecule has 2 nitrogen and oxygen atoms in total. The van der Waals surface area contributed by atoms with Crippen molar-refractivity contribution in [2.24, 2.45) is 0 Å². The highest BCUT2D eigenvalue weighted by Gasteiger charge is 2.16. The molecular formula is C19H17N2. The molecule has 0 fully saturated rings. The summed E-state index contributed by atoms with van der Waals surface area (Å²) in [6, 6.07) is 17.3. The van der Waals surface area contributed by atoms with E-state index in [1.165, 1.54) is 32.9 Å². The molecule has 0 aliphatic rings. The Morgan fingerprint density at radius 2 is 1.76 bits per heavy atom. The van der Waals surface area contributed by atoms with Gasteiger partial charge in [-0.15, -0.1) is 0 Å². The minimum absolute atomic E-state index is 0.312. The van der Waals surface area contributed by atoms with Gasteiger partial charge >= 0.3 is 0 Å². The monoisotopic (exact) mass is 273 g/mol. The van der Waals surface area contributed by atoms with Crippen molar-refractivity contribution in [3.8, 4) is 0 Å². The van der Waals surface area contributed by atoms with Gasteiger partial charge in [-0.1, -0.05) is 31.2 Å². The van der Waals surface area contributed by atoms with Crippen LogP contribution in [0.25, 0.3) is 21.8 Å². The number of hydrogen-bond acceptors (Lipinski definition) is 0. The maximum atomic E-state index is 4.18. The number of nitrogens with one attached hydrogen (secondary N) is 2. The second-order valence-corrected chi connectivity index (χ2v) is 5.45. The van der Waals surface area contributed by atoms with Gasteiger partial charge < -0.3 is 9.97 Å². The quantitative estimate of drug-likeness (QED) is 0.526. The predicted molar refractivity (Wildman–Crippen MR) is 88.4 cm³/mol. The molecule has 1 radical (unpaired) electrons. The molecule has 2 heterocycles. The molecule has 0 spiro atoms. The molecule has 1 unspecified atom stereocenters. The topological polar surface area (TPSA) is 31.6 Å². The van der Waals surface area contributed by atoms with Gasteiger partial charge in [0.05, 0.1) is 0 Å². The summed E-state index contributed by atoms with van der Waals surface area (Å²) in [5.41, 5.74) is 5.04. The first kappa shape index (κ1) is 12.3. The number of para-hydroxylation sites is 1. The van der Waals surface area contributed by atoms with Crippen LogP contribution in [0, 0.1) is 6.92 Å². The van der Waals surface area contributed by atoms with E-state index in [0.29, 0.717) is 5.92 Å². The lowest BCUT2D eigenvalue weighted by molar-refractivity contribution is 0.834. The van der Waals surface area contributed by atoms with Crippen molar-refractivity contribution in [1.29, 1.82) is 0 Å². The van der Waals surface area contributed by atoms with E-state index in [2.05, 4.69) is 65.4 Å². The second-order valence-electron chi connectivity index (χ2n) is 5.45. The van der Waals surface area contributed by atoms with Crippen LogP contribution >= 0.6 is 0 Å². The zero-order valence-electron chi connectivity index (χ0n) is 11.8. The first-order chi connectivity index (χ1) is 10.4. The van der Waals surface area contributed by atoms with Crippen LogP contribution in [0.5, 0.6) is 0 Å². The van der Waals surface area contributed by atoms with Gasteiger partial charge in [0, 0.05) is 29.3 Å². The van der Waals surface area contributed by atoms with Gasteiger partial charge in [0.15, 0.2) is 0 Å². The molecule has 0 aliphatic carbocycles. The Morgan fingerprint density at radius 1 is 0.905 bits per heavy atom. The van der Waals surface area contributed by atoms with E-state index in [1.54, 1.807) is 0 Å². The number of aromatic amines is 2. The van der Waals surface area contributed by atoms with E-state index in [-0.39, 0.29) is 0 Å². The number of aromatic nitrogens is 2. The van der Waals surface area contributed by atoms with Crippen LogP contribution in [0.15, 0.2) is 60.9 Å². The van der Waals surface area contributed by atoms with E-state index >= 15 is 0 Å². The van der Waals surface area contributed by atoms with Crippen molar-refractivity contribution in [2.75, 3.05) is 0 Å². The molecule has 1 atom stereocenters. The van der Waals surface area contributed by atoms with E-state index in [1.807, 2.05) is 12.4 Å². The maximum absolute atomic E-state index is 4.18. The highest BCUT2D eigenvalue weighted by atomic mass is 14.7. The predicted octanol–water partition coefficient (Wildman–Crippen LogP) is 5.01. The Balaban J connectivity index is 1.88. The van der Waals surface area contributed by atoms with Gasteiger partial charge in [0.2, 0.25) is 0 Å². The average Bonchev–Trinajstić information content (AvgIpc) is 3.16. The lowest BCUT2D eigenvalue weighted by Gasteiger charge is -2.17. The minimum Gasteiger partial charge on any atom is -0.361 e. The molecule has 2 N–H and O–H groups in total. The summed E-state index contributed by atoms with van der Waals surface area (Å²) >= 11 is 0. The molecule has 0 bridgehead atoms. The fourth-order valence-electron chi connectivity index (χ4n) is 3.19. The average molecular weight is 273 g/mol. The van der Waals surface area contributed by atoms with Crippen molar-refractivity contribution in [3.05, 3.63) is 79.0 Å². The molecule has 103 valence electrons. The van der Waals surface area contributed by atoms with Gasteiger partial charge in [0.1, 0.15) is 0 Å². The van der Waals surface area contributed by atoms with E-state index < -0.39 is 0 Å². The van der Waals surface area contributed by atoms with Crippen LogP contribution in [-0.4, -0.2) is 9.97 Å². The normalized spacial score (nSPS) is 13.0. The third-order valence-electron chi connectivity index (χ3n) is 4.26. The maximum Gasteiger partial charge on any atom is 0.0492 e. The van der Waals surface area contributed by atoms with Crippen molar-refractivity contribution < 1.29 is 0 Å². The molecule has 2 heteroatoms. The lowest BCUT2D eigenvalue weighted by atomic mass is 9.87. The Morgan fingerprint density at radius 3 is 2.67 bits per heavy atom. The van der Waals surface area contributed by atoms with E-state index in [4.69, 9.17) is 0 Å². The summed E-state index contributed by atoms with van der Waals surface area (Å²) in [6.07, 6.45) is 4.83. The largest absolute Gasteiger partial charge is 0.361 e. The molecule has 0 amide bonds. The van der Waals surface area contributed by atoms with Gasteiger partial charge in [-0.2, -0.15) is 0 Å². The molecular weight excluding hydrogens is 256 g/mol. The zero-order chi connectivity index (χ0) is 14.2. The van der Waals surface area contributed by atoms with Crippen LogP contribution in [0.3, 0.4) is 0 Å². The van der Waals surface area contributed by atoms with Crippen LogP contribution in [0.1, 0.15) is 23.5 Å². The summed E-state index contributed by atoms with van der Waals surface area (Å²) in [7, 11) is 0. The summed E-state index contributed by atoms with van der Waals surface area (Å²) < 4.78 is 0. The Bertz CT molecular complexity index is 898. The van der Waals surface area contributed by atoms with Crippen LogP contribution in [-0.2, 0) is 0 Å². The lowest BCUT2D eigenvalue weighted by Crippen LogP contribution is -2.00. The van der Waals surface area contributed by atoms with Crippen molar-refractivity contribution in [3.63, 3.8) is 0 Å². The fraction of sp³-hybridized carbons (Fsp3) is 0.105. The van der Waals surface area contributed by atoms with Crippen LogP contribution in [0.4, 0.5) is 0 Å². The highest BCUT2D eigenvalue weighted by Crippen LogP contribution is 2.33. The SMILES string of the molecule is [CH2]CC(c1ccc2[nH]ccc2c1)c1cccc2cc[nH]c12. The molecule has 0 aliphatic heterocycles. The summed E-state index contributed by atoms with van der Waals surface area (Å²) in [5, 5.41) is 2.51. The molecule has 21 heavy (non-hydrogen) atoms. The van der Waals surface area contributed by atoms with Gasteiger partial charge in [-0.05, 0) is 52.6 Å². The molecule has 0 saturated carbocycles. The Kier molecular flexibility index (Phi) is 2.81. The molecule has 2 aromatic carbocycles. The number of benzene rings is 2. The number of H-pyrrole nitrogens is 2. The first-order valence-electron chi connectivity index (χ1n) is 7.29. The van der Waals surface area contributed by atoms with Crippen molar-refractivity contribution in [2.45, 2.75) is 12.3 Å². The smallest absolute Gasteiger partial charge is 0.0492 e. The molecule has 2 aromatic heterocycles. The second kappa shape index (κ2) is 4.81. The first-order valence-corrected chi connectivity index (χ1v) is 7.29. The van der Waals surface area contributed by atoms with E-state index in [0.717, 1.165) is 6.42 Å². The van der Waals surface area contributed by atoms with Crippen molar-refractivity contribution in [1.82, 2.24) is 9.97 Å². The molecule has 4 aromatic rings. The highest BCUT2D eigenvalue weighted by molar-refractivity contribution is 5.84. The van der Waals surface area contributed by atoms with Crippen LogP contribution in [0.2, 0.25) is 0 Å².